The average Bonchev–Trinajstić information content (AvgIpc) is 3.11. The molecule has 3 rings (SSSR count). The van der Waals surface area contributed by atoms with Gasteiger partial charge in [0, 0.05) is 17.5 Å². The lowest BCUT2D eigenvalue weighted by Gasteiger charge is -2.34. The fourth-order valence-corrected chi connectivity index (χ4v) is 3.64. The van der Waals surface area contributed by atoms with Crippen molar-refractivity contribution in [3.8, 4) is 16.3 Å². The van der Waals surface area contributed by atoms with E-state index in [-0.39, 0.29) is 11.3 Å². The Kier molecular flexibility index (Phi) is 5.16. The molecule has 128 valence electrons. The Balaban J connectivity index is 1.62. The molecule has 0 spiro atoms. The van der Waals surface area contributed by atoms with E-state index in [1.54, 1.807) is 7.11 Å². The van der Waals surface area contributed by atoms with E-state index < -0.39 is 0 Å². The van der Waals surface area contributed by atoms with E-state index in [9.17, 15) is 4.79 Å². The minimum Gasteiger partial charge on any atom is -0.497 e. The van der Waals surface area contributed by atoms with Crippen LogP contribution in [-0.4, -0.2) is 37.6 Å². The summed E-state index contributed by atoms with van der Waals surface area (Å²) < 4.78 is 5.16. The van der Waals surface area contributed by atoms with Gasteiger partial charge in [0.25, 0.3) is 5.91 Å². The smallest absolute Gasteiger partial charge is 0.270 e. The van der Waals surface area contributed by atoms with Gasteiger partial charge in [0.05, 0.1) is 7.11 Å². The van der Waals surface area contributed by atoms with Crippen LogP contribution in [0.2, 0.25) is 0 Å². The summed E-state index contributed by atoms with van der Waals surface area (Å²) in [7, 11) is 1.64. The largest absolute Gasteiger partial charge is 0.497 e. The van der Waals surface area contributed by atoms with Crippen molar-refractivity contribution in [3.05, 3.63) is 35.3 Å². The summed E-state index contributed by atoms with van der Waals surface area (Å²) in [6.07, 6.45) is 2.17. The molecule has 2 aromatic rings. The van der Waals surface area contributed by atoms with Crippen molar-refractivity contribution in [1.29, 1.82) is 0 Å². The van der Waals surface area contributed by atoms with E-state index in [2.05, 4.69) is 22.5 Å². The number of benzene rings is 1. The second-order valence-corrected chi connectivity index (χ2v) is 7.37. The Bertz CT molecular complexity index is 691. The van der Waals surface area contributed by atoms with E-state index in [4.69, 9.17) is 4.74 Å². The number of amides is 1. The summed E-state index contributed by atoms with van der Waals surface area (Å²) in [5, 5.41) is 9.07. The Morgan fingerprint density at radius 3 is 2.71 bits per heavy atom. The van der Waals surface area contributed by atoms with Crippen molar-refractivity contribution in [1.82, 2.24) is 15.6 Å². The second-order valence-electron chi connectivity index (χ2n) is 6.51. The van der Waals surface area contributed by atoms with Crippen LogP contribution in [0.5, 0.6) is 5.75 Å². The molecule has 2 N–H and O–H groups in total. The van der Waals surface area contributed by atoms with Gasteiger partial charge in [-0.25, -0.2) is 4.98 Å². The lowest BCUT2D eigenvalue weighted by atomic mass is 9.81. The van der Waals surface area contributed by atoms with Crippen molar-refractivity contribution in [2.75, 3.05) is 26.7 Å². The van der Waals surface area contributed by atoms with Crippen LogP contribution in [-0.2, 0) is 0 Å². The molecule has 1 aromatic carbocycles. The normalized spacial score (nSPS) is 16.6. The zero-order valence-corrected chi connectivity index (χ0v) is 14.9. The van der Waals surface area contributed by atoms with Gasteiger partial charge in [-0.3, -0.25) is 4.79 Å². The number of ether oxygens (including phenoxy) is 1. The molecule has 0 aliphatic carbocycles. The maximum atomic E-state index is 12.4. The topological polar surface area (TPSA) is 63.2 Å². The van der Waals surface area contributed by atoms with Gasteiger partial charge in [0.15, 0.2) is 0 Å². The summed E-state index contributed by atoms with van der Waals surface area (Å²) in [4.78, 5) is 16.8. The minimum absolute atomic E-state index is 0.0919. The Labute approximate surface area is 146 Å². The Morgan fingerprint density at radius 2 is 2.04 bits per heavy atom. The third-order valence-corrected chi connectivity index (χ3v) is 5.45. The van der Waals surface area contributed by atoms with E-state index in [0.29, 0.717) is 12.2 Å². The van der Waals surface area contributed by atoms with E-state index in [1.165, 1.54) is 11.3 Å². The molecule has 2 heterocycles. The zero-order chi connectivity index (χ0) is 17.0. The molecule has 1 aliphatic rings. The molecule has 1 saturated heterocycles. The van der Waals surface area contributed by atoms with Crippen molar-refractivity contribution in [2.45, 2.75) is 19.8 Å². The molecule has 1 aromatic heterocycles. The molecule has 0 atom stereocenters. The minimum atomic E-state index is -0.0919. The molecule has 0 radical (unpaired) electrons. The Morgan fingerprint density at radius 1 is 1.33 bits per heavy atom. The molecule has 0 unspecified atom stereocenters. The Hall–Kier alpha value is -1.92. The van der Waals surface area contributed by atoms with E-state index >= 15 is 0 Å². The highest BCUT2D eigenvalue weighted by molar-refractivity contribution is 7.13. The standard InChI is InChI=1S/C18H23N3O2S/c1-18(7-9-19-10-8-18)12-20-16(22)15-11-24-17(21-15)13-3-5-14(23-2)6-4-13/h3-6,11,19H,7-10,12H2,1-2H3,(H,20,22). The first-order valence-corrected chi connectivity index (χ1v) is 9.06. The summed E-state index contributed by atoms with van der Waals surface area (Å²) in [6, 6.07) is 7.70. The molecule has 24 heavy (non-hydrogen) atoms. The van der Waals surface area contributed by atoms with Crippen molar-refractivity contribution in [2.24, 2.45) is 5.41 Å². The van der Waals surface area contributed by atoms with Crippen LogP contribution in [0.3, 0.4) is 0 Å². The van der Waals surface area contributed by atoms with Gasteiger partial charge in [-0.2, -0.15) is 0 Å². The molecule has 6 heteroatoms. The number of methoxy groups -OCH3 is 1. The molecule has 1 amide bonds. The first-order valence-electron chi connectivity index (χ1n) is 8.18. The van der Waals surface area contributed by atoms with E-state index in [1.807, 2.05) is 29.6 Å². The molecule has 1 aliphatic heterocycles. The number of carbonyl (C=O) groups excluding carboxylic acids is 1. The first-order chi connectivity index (χ1) is 11.6. The van der Waals surface area contributed by atoms with E-state index in [0.717, 1.165) is 42.3 Å². The highest BCUT2D eigenvalue weighted by atomic mass is 32.1. The highest BCUT2D eigenvalue weighted by Gasteiger charge is 2.27. The third-order valence-electron chi connectivity index (χ3n) is 4.56. The molecule has 0 bridgehead atoms. The van der Waals surface area contributed by atoms with Crippen molar-refractivity contribution < 1.29 is 9.53 Å². The predicted octanol–water partition coefficient (Wildman–Crippen LogP) is 2.94. The van der Waals surface area contributed by atoms with Crippen LogP contribution in [0.4, 0.5) is 0 Å². The lowest BCUT2D eigenvalue weighted by Crippen LogP contribution is -2.42. The van der Waals surface area contributed by atoms with Crippen LogP contribution >= 0.6 is 11.3 Å². The number of hydrogen-bond donors (Lipinski definition) is 2. The van der Waals surface area contributed by atoms with Gasteiger partial charge in [-0.05, 0) is 55.6 Å². The summed E-state index contributed by atoms with van der Waals surface area (Å²) >= 11 is 1.48. The first kappa shape index (κ1) is 16.9. The maximum Gasteiger partial charge on any atom is 0.270 e. The molecule has 0 saturated carbocycles. The van der Waals surface area contributed by atoms with Gasteiger partial charge in [-0.1, -0.05) is 6.92 Å². The number of rotatable bonds is 5. The van der Waals surface area contributed by atoms with Crippen LogP contribution in [0.1, 0.15) is 30.3 Å². The quantitative estimate of drug-likeness (QED) is 0.875. The fraction of sp³-hybridized carbons (Fsp3) is 0.444. The number of thiazole rings is 1. The van der Waals surface area contributed by atoms with Gasteiger partial charge in [0.2, 0.25) is 0 Å². The third kappa shape index (κ3) is 3.94. The number of nitrogens with one attached hydrogen (secondary N) is 2. The van der Waals surface area contributed by atoms with Crippen molar-refractivity contribution in [3.63, 3.8) is 0 Å². The summed E-state index contributed by atoms with van der Waals surface area (Å²) in [5.74, 6) is 0.717. The second kappa shape index (κ2) is 7.32. The van der Waals surface area contributed by atoms with Gasteiger partial charge in [0.1, 0.15) is 16.5 Å². The fourth-order valence-electron chi connectivity index (χ4n) is 2.84. The maximum absolute atomic E-state index is 12.4. The molecule has 5 nitrogen and oxygen atoms in total. The monoisotopic (exact) mass is 345 g/mol. The lowest BCUT2D eigenvalue weighted by molar-refractivity contribution is 0.0918. The number of aromatic nitrogens is 1. The predicted molar refractivity (Wildman–Crippen MR) is 96.6 cm³/mol. The molecular weight excluding hydrogens is 322 g/mol. The number of carbonyl (C=O) groups is 1. The van der Waals surface area contributed by atoms with Crippen molar-refractivity contribution >= 4 is 17.2 Å². The van der Waals surface area contributed by atoms with Crippen LogP contribution < -0.4 is 15.4 Å². The van der Waals surface area contributed by atoms with Gasteiger partial charge < -0.3 is 15.4 Å². The number of piperidine rings is 1. The van der Waals surface area contributed by atoms with Crippen LogP contribution in [0, 0.1) is 5.41 Å². The SMILES string of the molecule is COc1ccc(-c2nc(C(=O)NCC3(C)CCNCC3)cs2)cc1. The number of nitrogens with zero attached hydrogens (tertiary/aromatic N) is 1. The molecular formula is C18H23N3O2S. The van der Waals surface area contributed by atoms with Crippen LogP contribution in [0.25, 0.3) is 10.6 Å². The number of hydrogen-bond acceptors (Lipinski definition) is 5. The van der Waals surface area contributed by atoms with Gasteiger partial charge in [-0.15, -0.1) is 11.3 Å². The summed E-state index contributed by atoms with van der Waals surface area (Å²) in [5.41, 5.74) is 1.66. The molecule has 1 fully saturated rings. The van der Waals surface area contributed by atoms with Crippen LogP contribution in [0.15, 0.2) is 29.6 Å². The average molecular weight is 345 g/mol. The highest BCUT2D eigenvalue weighted by Crippen LogP contribution is 2.28. The zero-order valence-electron chi connectivity index (χ0n) is 14.1. The summed E-state index contributed by atoms with van der Waals surface area (Å²) in [6.45, 7) is 4.97. The van der Waals surface area contributed by atoms with Gasteiger partial charge >= 0.3 is 0 Å².